The lowest BCUT2D eigenvalue weighted by Gasteiger charge is -2.68. The molecule has 3 fully saturated rings. The van der Waals surface area contributed by atoms with Crippen LogP contribution in [0.2, 0.25) is 0 Å². The van der Waals surface area contributed by atoms with Crippen LogP contribution in [-0.4, -0.2) is 24.6 Å². The van der Waals surface area contributed by atoms with Gasteiger partial charge in [-0.05, 0) is 79.0 Å². The smallest absolute Gasteiger partial charge is 0.312 e. The molecule has 0 saturated heterocycles. The zero-order chi connectivity index (χ0) is 48.5. The molecule has 0 amide bonds. The minimum absolute atomic E-state index is 0.226. The van der Waals surface area contributed by atoms with E-state index in [9.17, 15) is 25.8 Å². The average molecular weight is 531 g/mol. The summed E-state index contributed by atoms with van der Waals surface area (Å²) in [5, 5.41) is 10.3. The van der Waals surface area contributed by atoms with Crippen LogP contribution in [0.4, 0.5) is 0 Å². The van der Waals surface area contributed by atoms with Crippen molar-refractivity contribution in [2.45, 2.75) is 92.8 Å². The first-order valence-electron chi connectivity index (χ1n) is 24.3. The van der Waals surface area contributed by atoms with Crippen molar-refractivity contribution in [2.24, 2.45) is 50.2 Å². The quantitative estimate of drug-likeness (QED) is 0.367. The number of ether oxygens (including phenoxy) is 1. The van der Waals surface area contributed by atoms with Crippen molar-refractivity contribution in [3.8, 4) is 6.07 Å². The van der Waals surface area contributed by atoms with Crippen LogP contribution in [0, 0.1) is 61.6 Å². The third-order valence-electron chi connectivity index (χ3n) is 9.29. The number of esters is 1. The number of fused-ring (bicyclic) bond motifs is 7. The Morgan fingerprint density at radius 2 is 1.92 bits per heavy atom. The lowest BCUT2D eigenvalue weighted by molar-refractivity contribution is -0.191. The van der Waals surface area contributed by atoms with E-state index in [2.05, 4.69) is 0 Å². The van der Waals surface area contributed by atoms with E-state index >= 15 is 4.79 Å². The monoisotopic (exact) mass is 530 g/mol. The zero-order valence-corrected chi connectivity index (χ0v) is 20.0. The van der Waals surface area contributed by atoms with E-state index in [0.29, 0.717) is 6.08 Å². The normalized spacial score (nSPS) is 60.8. The van der Waals surface area contributed by atoms with Gasteiger partial charge in [-0.25, -0.2) is 0 Å². The molecule has 5 heteroatoms. The van der Waals surface area contributed by atoms with Crippen LogP contribution in [0.1, 0.15) is 127 Å². The van der Waals surface area contributed by atoms with Gasteiger partial charge in [0.05, 0.1) is 18.1 Å². The molecule has 3 saturated carbocycles. The second kappa shape index (κ2) is 7.67. The van der Waals surface area contributed by atoms with Crippen molar-refractivity contribution in [1.82, 2.24) is 0 Å². The minimum Gasteiger partial charge on any atom is -0.469 e. The summed E-state index contributed by atoms with van der Waals surface area (Å²) in [5.41, 5.74) is -23.9. The third-order valence-corrected chi connectivity index (χ3v) is 9.29. The standard InChI is InChI=1S/C32H43NO4/c1-27(2)11-13-32(26(36)37-8)14-12-31(7)24(20(32)17-27)21(34)15-23-29(5)16-19(18-33)25(35)28(3,4)22(29)9-10-30(23,31)6/h15-16,20,22,24H,9-14,17H2,1-8H3/t20-,22-,24-,29-,30+,31+,32-/m0/s1/i1D3,2D3,3D3,4D3,5D3,6D3,7D3,11D2,17D2. The number of methoxy groups -OCH3 is 1. The van der Waals surface area contributed by atoms with Crippen molar-refractivity contribution in [3.63, 3.8) is 0 Å². The first-order valence-corrected chi connectivity index (χ1v) is 11.8. The molecule has 5 nitrogen and oxygen atoms in total. The fourth-order valence-corrected chi connectivity index (χ4v) is 7.40. The molecule has 0 aromatic heterocycles. The predicted molar refractivity (Wildman–Crippen MR) is 141 cm³/mol. The Labute approximate surface area is 257 Å². The second-order valence-corrected chi connectivity index (χ2v) is 11.0. The van der Waals surface area contributed by atoms with Crippen molar-refractivity contribution < 1.29 is 53.4 Å². The largest absolute Gasteiger partial charge is 0.469 e. The Kier molecular flexibility index (Phi) is 2.02. The maximum absolute atomic E-state index is 15.4. The van der Waals surface area contributed by atoms with Crippen molar-refractivity contribution in [2.75, 3.05) is 7.11 Å². The number of carbonyl (C=O) groups is 3. The second-order valence-electron chi connectivity index (χ2n) is 11.0. The van der Waals surface area contributed by atoms with Gasteiger partial charge in [0.25, 0.3) is 0 Å². The number of rotatable bonds is 1. The summed E-state index contributed by atoms with van der Waals surface area (Å²) >= 11 is 0. The highest BCUT2D eigenvalue weighted by molar-refractivity contribution is 6.04. The van der Waals surface area contributed by atoms with Gasteiger partial charge in [-0.3, -0.25) is 14.4 Å². The van der Waals surface area contributed by atoms with E-state index in [0.717, 1.165) is 7.11 Å². The van der Waals surface area contributed by atoms with Crippen LogP contribution in [0.15, 0.2) is 23.3 Å². The number of hydrogen-bond acceptors (Lipinski definition) is 5. The topological polar surface area (TPSA) is 84.2 Å². The molecule has 0 heterocycles. The molecule has 7 atom stereocenters. The molecule has 0 spiro atoms. The Bertz CT molecular complexity index is 2030. The number of nitriles is 1. The number of ketones is 2. The van der Waals surface area contributed by atoms with Crippen molar-refractivity contribution in [1.29, 1.82) is 5.26 Å². The van der Waals surface area contributed by atoms with Gasteiger partial charge in [0.15, 0.2) is 11.6 Å². The van der Waals surface area contributed by atoms with Gasteiger partial charge in [0.2, 0.25) is 0 Å². The molecule has 5 aliphatic rings. The molecule has 0 N–H and O–H groups in total. The van der Waals surface area contributed by atoms with E-state index in [4.69, 9.17) is 28.0 Å². The maximum Gasteiger partial charge on any atom is 0.312 e. The number of nitrogens with zero attached hydrogens (tertiary/aromatic N) is 1. The molecular weight excluding hydrogens is 462 g/mol. The Hall–Kier alpha value is -2.22. The summed E-state index contributed by atoms with van der Waals surface area (Å²) in [6.07, 6.45) is -13.9. The zero-order valence-electron chi connectivity index (χ0n) is 45.0. The SMILES string of the molecule is [2H]C([2H])([2H])C1(C([2H])([2H])[2H])C(=O)C(C#N)=C[C@]2(C([2H])([2H])[2H])C3=CC(=O)[C@@H]4[C@@H]5C([2H])([2H])C(C([2H])([2H])[2H])(C([2H])([2H])[2H])C([2H])([2H])C[C@]5(C(=O)OC)CC[C@@]4(C([2H])([2H])[2H])[C@]3(C([2H])([2H])[2H])CC[C@@H]12. The highest BCUT2D eigenvalue weighted by atomic mass is 16.5. The summed E-state index contributed by atoms with van der Waals surface area (Å²) in [6, 6.07) is 1.31. The third kappa shape index (κ3) is 3.11. The summed E-state index contributed by atoms with van der Waals surface area (Å²) in [4.78, 5) is 43.8. The minimum atomic E-state index is -4.24. The molecule has 37 heavy (non-hydrogen) atoms. The number of hydrogen-bond donors (Lipinski definition) is 0. The van der Waals surface area contributed by atoms with Crippen LogP contribution in [-0.2, 0) is 19.1 Å². The van der Waals surface area contributed by atoms with E-state index in [-0.39, 0.29) is 6.08 Å². The van der Waals surface area contributed by atoms with Gasteiger partial charge in [-0.2, -0.15) is 5.26 Å². The first-order chi connectivity index (χ1) is 27.3. The summed E-state index contributed by atoms with van der Waals surface area (Å²) < 4.78 is 226. The average Bonchev–Trinajstić information content (AvgIpc) is 3.02. The molecule has 0 unspecified atom stereocenters. The van der Waals surface area contributed by atoms with Gasteiger partial charge >= 0.3 is 5.97 Å². The van der Waals surface area contributed by atoms with Crippen molar-refractivity contribution in [3.05, 3.63) is 23.3 Å². The first kappa shape index (κ1) is 9.76. The van der Waals surface area contributed by atoms with Gasteiger partial charge in [-0.1, -0.05) is 59.6 Å². The molecule has 0 bridgehead atoms. The molecule has 5 rings (SSSR count). The molecular formula is C32H43NO4. The molecule has 0 aromatic carbocycles. The van der Waals surface area contributed by atoms with Crippen LogP contribution < -0.4 is 0 Å². The highest BCUT2D eigenvalue weighted by Gasteiger charge is 2.71. The van der Waals surface area contributed by atoms with E-state index in [1.165, 1.54) is 6.07 Å². The number of carbonyl (C=O) groups excluding carboxylic acids is 3. The van der Waals surface area contributed by atoms with E-state index in [1.54, 1.807) is 0 Å². The van der Waals surface area contributed by atoms with Gasteiger partial charge < -0.3 is 4.74 Å². The molecule has 200 valence electrons. The number of Topliss-reactive ketones (excluding diaryl/α,β-unsaturated/α-hetero) is 1. The molecule has 0 aromatic rings. The van der Waals surface area contributed by atoms with Crippen LogP contribution >= 0.6 is 0 Å². The molecule has 0 aliphatic heterocycles. The van der Waals surface area contributed by atoms with Crippen LogP contribution in [0.5, 0.6) is 0 Å². The summed E-state index contributed by atoms with van der Waals surface area (Å²) in [6.45, 7) is -28.3. The Morgan fingerprint density at radius 3 is 2.54 bits per heavy atom. The van der Waals surface area contributed by atoms with Gasteiger partial charge in [0.1, 0.15) is 6.07 Å². The van der Waals surface area contributed by atoms with Crippen LogP contribution in [0.3, 0.4) is 0 Å². The van der Waals surface area contributed by atoms with Crippen molar-refractivity contribution >= 4 is 17.5 Å². The highest BCUT2D eigenvalue weighted by Crippen LogP contribution is 2.74. The maximum atomic E-state index is 15.4. The van der Waals surface area contributed by atoms with Gasteiger partial charge in [0, 0.05) is 51.0 Å². The Balaban J connectivity index is 2.13. The van der Waals surface area contributed by atoms with E-state index < -0.39 is 172 Å². The number of allylic oxidation sites excluding steroid dienone is 4. The lowest BCUT2D eigenvalue weighted by atomic mass is 9.34. The summed E-state index contributed by atoms with van der Waals surface area (Å²) in [7, 11) is 0.734. The Morgan fingerprint density at radius 1 is 1.11 bits per heavy atom. The fourth-order valence-electron chi connectivity index (χ4n) is 7.40. The fraction of sp³-hybridized carbons (Fsp3) is 0.750. The lowest BCUT2D eigenvalue weighted by Crippen LogP contribution is -2.65. The molecule has 0 radical (unpaired) electrons. The summed E-state index contributed by atoms with van der Waals surface area (Å²) in [5.74, 6) is -13.5. The van der Waals surface area contributed by atoms with E-state index in [1.807, 2.05) is 0 Å². The van der Waals surface area contributed by atoms with Crippen LogP contribution in [0.25, 0.3) is 0 Å². The predicted octanol–water partition coefficient (Wildman–Crippen LogP) is 6.38. The molecule has 5 aliphatic carbocycles. The van der Waals surface area contributed by atoms with Gasteiger partial charge in [-0.15, -0.1) is 0 Å².